The molecule has 0 aromatic rings. The molecule has 0 unspecified atom stereocenters. The molecular weight excluding hydrogens is 148 g/mol. The third-order valence-electron chi connectivity index (χ3n) is 3.06. The maximum Gasteiger partial charge on any atom is 0.00103 e. The first-order valence-corrected chi connectivity index (χ1v) is 5.12. The molecule has 0 aliphatic heterocycles. The Labute approximate surface area is 75.9 Å². The van der Waals surface area contributed by atoms with Crippen molar-refractivity contribution in [3.05, 3.63) is 0 Å². The number of hydrogen-bond acceptors (Lipinski definition) is 2. The number of hydrogen-bond donors (Lipinski definition) is 2. The average Bonchev–Trinajstić information content (AvgIpc) is 1.94. The van der Waals surface area contributed by atoms with E-state index in [1.807, 2.05) is 0 Å². The second-order valence-electron chi connectivity index (χ2n) is 4.42. The average molecular weight is 170 g/mol. The molecule has 1 fully saturated rings. The normalized spacial score (nSPS) is 21.0. The SMILES string of the molecule is CC(C)NCCC1(CN)CCC1. The summed E-state index contributed by atoms with van der Waals surface area (Å²) in [5.74, 6) is 0. The van der Waals surface area contributed by atoms with E-state index in [9.17, 15) is 0 Å². The van der Waals surface area contributed by atoms with E-state index < -0.39 is 0 Å². The van der Waals surface area contributed by atoms with Crippen LogP contribution in [0.25, 0.3) is 0 Å². The first-order chi connectivity index (χ1) is 5.68. The van der Waals surface area contributed by atoms with Crippen molar-refractivity contribution >= 4 is 0 Å². The summed E-state index contributed by atoms with van der Waals surface area (Å²) in [6.45, 7) is 6.40. The minimum absolute atomic E-state index is 0.516. The van der Waals surface area contributed by atoms with E-state index in [0.29, 0.717) is 11.5 Å². The zero-order chi connectivity index (χ0) is 9.03. The highest BCUT2D eigenvalue weighted by molar-refractivity contribution is 4.88. The molecule has 0 bridgehead atoms. The Morgan fingerprint density at radius 2 is 2.08 bits per heavy atom. The summed E-state index contributed by atoms with van der Waals surface area (Å²) in [6.07, 6.45) is 5.35. The molecule has 2 nitrogen and oxygen atoms in total. The second kappa shape index (κ2) is 4.24. The zero-order valence-electron chi connectivity index (χ0n) is 8.40. The maximum absolute atomic E-state index is 5.76. The number of nitrogens with one attached hydrogen (secondary N) is 1. The van der Waals surface area contributed by atoms with Gasteiger partial charge in [0.05, 0.1) is 0 Å². The highest BCUT2D eigenvalue weighted by Gasteiger charge is 2.34. The van der Waals surface area contributed by atoms with Crippen molar-refractivity contribution in [1.29, 1.82) is 0 Å². The van der Waals surface area contributed by atoms with Gasteiger partial charge in [-0.3, -0.25) is 0 Å². The van der Waals surface area contributed by atoms with Crippen LogP contribution in [0.1, 0.15) is 39.5 Å². The van der Waals surface area contributed by atoms with Gasteiger partial charge < -0.3 is 11.1 Å². The van der Waals surface area contributed by atoms with Crippen molar-refractivity contribution in [3.63, 3.8) is 0 Å². The van der Waals surface area contributed by atoms with Gasteiger partial charge in [-0.15, -0.1) is 0 Å². The number of nitrogens with two attached hydrogens (primary N) is 1. The largest absolute Gasteiger partial charge is 0.330 e. The van der Waals surface area contributed by atoms with E-state index in [-0.39, 0.29) is 0 Å². The van der Waals surface area contributed by atoms with Crippen molar-refractivity contribution in [3.8, 4) is 0 Å². The number of rotatable bonds is 5. The van der Waals surface area contributed by atoms with Gasteiger partial charge in [0.15, 0.2) is 0 Å². The Balaban J connectivity index is 2.12. The molecule has 0 aromatic carbocycles. The van der Waals surface area contributed by atoms with Crippen LogP contribution >= 0.6 is 0 Å². The van der Waals surface area contributed by atoms with Gasteiger partial charge in [-0.05, 0) is 37.8 Å². The summed E-state index contributed by atoms with van der Waals surface area (Å²) >= 11 is 0. The second-order valence-corrected chi connectivity index (χ2v) is 4.42. The molecular formula is C10H22N2. The monoisotopic (exact) mass is 170 g/mol. The van der Waals surface area contributed by atoms with Crippen LogP contribution in [0.5, 0.6) is 0 Å². The fourth-order valence-electron chi connectivity index (χ4n) is 1.86. The summed E-state index contributed by atoms with van der Waals surface area (Å²) < 4.78 is 0. The lowest BCUT2D eigenvalue weighted by Crippen LogP contribution is -2.40. The van der Waals surface area contributed by atoms with Gasteiger partial charge in [0.25, 0.3) is 0 Å². The summed E-state index contributed by atoms with van der Waals surface area (Å²) in [5.41, 5.74) is 6.27. The van der Waals surface area contributed by atoms with Crippen LogP contribution < -0.4 is 11.1 Å². The van der Waals surface area contributed by atoms with Crippen molar-refractivity contribution < 1.29 is 0 Å². The molecule has 1 aliphatic rings. The lowest BCUT2D eigenvalue weighted by Gasteiger charge is -2.41. The first-order valence-electron chi connectivity index (χ1n) is 5.12. The molecule has 3 N–H and O–H groups in total. The van der Waals surface area contributed by atoms with Gasteiger partial charge in [0.1, 0.15) is 0 Å². The maximum atomic E-state index is 5.76. The molecule has 12 heavy (non-hydrogen) atoms. The molecule has 0 aromatic heterocycles. The van der Waals surface area contributed by atoms with E-state index in [1.165, 1.54) is 25.7 Å². The van der Waals surface area contributed by atoms with E-state index in [2.05, 4.69) is 19.2 Å². The van der Waals surface area contributed by atoms with Crippen molar-refractivity contribution in [1.82, 2.24) is 5.32 Å². The molecule has 0 saturated heterocycles. The Kier molecular flexibility index (Phi) is 3.53. The van der Waals surface area contributed by atoms with Crippen molar-refractivity contribution in [2.75, 3.05) is 13.1 Å². The van der Waals surface area contributed by atoms with E-state index in [4.69, 9.17) is 5.73 Å². The van der Waals surface area contributed by atoms with Gasteiger partial charge >= 0.3 is 0 Å². The lowest BCUT2D eigenvalue weighted by molar-refractivity contribution is 0.129. The first kappa shape index (κ1) is 10.0. The van der Waals surface area contributed by atoms with Crippen LogP contribution in [0, 0.1) is 5.41 Å². The van der Waals surface area contributed by atoms with Gasteiger partial charge in [-0.25, -0.2) is 0 Å². The standard InChI is InChI=1S/C10H22N2/c1-9(2)12-7-6-10(8-11)4-3-5-10/h9,12H,3-8,11H2,1-2H3. The Bertz CT molecular complexity index is 122. The summed E-state index contributed by atoms with van der Waals surface area (Å²) in [6, 6.07) is 0.611. The van der Waals surface area contributed by atoms with Crippen molar-refractivity contribution in [2.45, 2.75) is 45.6 Å². The smallest absolute Gasteiger partial charge is 0.00103 e. The Morgan fingerprint density at radius 3 is 2.42 bits per heavy atom. The molecule has 1 saturated carbocycles. The van der Waals surface area contributed by atoms with E-state index >= 15 is 0 Å². The third kappa shape index (κ3) is 2.46. The van der Waals surface area contributed by atoms with E-state index in [0.717, 1.165) is 13.1 Å². The highest BCUT2D eigenvalue weighted by Crippen LogP contribution is 2.42. The molecule has 72 valence electrons. The minimum Gasteiger partial charge on any atom is -0.330 e. The molecule has 1 aliphatic carbocycles. The Morgan fingerprint density at radius 1 is 1.42 bits per heavy atom. The quantitative estimate of drug-likeness (QED) is 0.656. The summed E-state index contributed by atoms with van der Waals surface area (Å²) in [4.78, 5) is 0. The van der Waals surface area contributed by atoms with Gasteiger partial charge in [0.2, 0.25) is 0 Å². The highest BCUT2D eigenvalue weighted by atomic mass is 14.9. The molecule has 0 atom stereocenters. The molecule has 2 heteroatoms. The fraction of sp³-hybridized carbons (Fsp3) is 1.00. The van der Waals surface area contributed by atoms with Crippen LogP contribution in [0.15, 0.2) is 0 Å². The van der Waals surface area contributed by atoms with Gasteiger partial charge in [0, 0.05) is 6.04 Å². The molecule has 1 rings (SSSR count). The predicted molar refractivity (Wildman–Crippen MR) is 53.1 cm³/mol. The van der Waals surface area contributed by atoms with Gasteiger partial charge in [-0.2, -0.15) is 0 Å². The molecule has 0 amide bonds. The summed E-state index contributed by atoms with van der Waals surface area (Å²) in [7, 11) is 0. The third-order valence-corrected chi connectivity index (χ3v) is 3.06. The fourth-order valence-corrected chi connectivity index (χ4v) is 1.86. The summed E-state index contributed by atoms with van der Waals surface area (Å²) in [5, 5.41) is 3.45. The van der Waals surface area contributed by atoms with Crippen LogP contribution in [-0.4, -0.2) is 19.1 Å². The lowest BCUT2D eigenvalue weighted by atomic mass is 9.67. The van der Waals surface area contributed by atoms with Crippen LogP contribution in [0.3, 0.4) is 0 Å². The molecule has 0 heterocycles. The minimum atomic E-state index is 0.516. The van der Waals surface area contributed by atoms with Crippen LogP contribution in [0.2, 0.25) is 0 Å². The predicted octanol–water partition coefficient (Wildman–Crippen LogP) is 1.50. The molecule has 0 spiro atoms. The van der Waals surface area contributed by atoms with Gasteiger partial charge in [-0.1, -0.05) is 20.3 Å². The topological polar surface area (TPSA) is 38.0 Å². The van der Waals surface area contributed by atoms with Crippen LogP contribution in [-0.2, 0) is 0 Å². The van der Waals surface area contributed by atoms with E-state index in [1.54, 1.807) is 0 Å². The van der Waals surface area contributed by atoms with Crippen molar-refractivity contribution in [2.24, 2.45) is 11.1 Å². The Hall–Kier alpha value is -0.0800. The zero-order valence-corrected chi connectivity index (χ0v) is 8.40. The molecule has 0 radical (unpaired) electrons. The van der Waals surface area contributed by atoms with Crippen LogP contribution in [0.4, 0.5) is 0 Å².